The average Bonchev–Trinajstić information content (AvgIpc) is 2.46. The summed E-state index contributed by atoms with van der Waals surface area (Å²) in [6.07, 6.45) is 1.24. The van der Waals surface area contributed by atoms with Crippen molar-refractivity contribution in [3.8, 4) is 0 Å². The van der Waals surface area contributed by atoms with Crippen molar-refractivity contribution in [3.63, 3.8) is 0 Å². The molecule has 1 heterocycles. The standard InChI is InChI=1S/C19H18BrNO/c1-19(2)12-14-10-15(20)8-9-16(14)17(21-19)11-18(22)13-6-4-3-5-7-13/h3-10H,11-12H2,1-2H3. The van der Waals surface area contributed by atoms with E-state index in [0.717, 1.165) is 27.7 Å². The van der Waals surface area contributed by atoms with Gasteiger partial charge in [0.1, 0.15) is 0 Å². The highest BCUT2D eigenvalue weighted by atomic mass is 79.9. The van der Waals surface area contributed by atoms with Crippen LogP contribution in [-0.2, 0) is 6.42 Å². The monoisotopic (exact) mass is 355 g/mol. The van der Waals surface area contributed by atoms with Crippen LogP contribution in [0.15, 0.2) is 58.0 Å². The van der Waals surface area contributed by atoms with E-state index in [9.17, 15) is 4.79 Å². The number of rotatable bonds is 3. The Labute approximate surface area is 139 Å². The van der Waals surface area contributed by atoms with Crippen LogP contribution in [0.25, 0.3) is 0 Å². The molecule has 0 fully saturated rings. The molecule has 2 aromatic rings. The molecule has 0 bridgehead atoms. The van der Waals surface area contributed by atoms with Gasteiger partial charge in [-0.3, -0.25) is 9.79 Å². The molecule has 3 heteroatoms. The highest BCUT2D eigenvalue weighted by Crippen LogP contribution is 2.30. The van der Waals surface area contributed by atoms with Crippen LogP contribution in [0.3, 0.4) is 0 Å². The first-order valence-electron chi connectivity index (χ1n) is 7.40. The second-order valence-corrected chi connectivity index (χ2v) is 7.23. The van der Waals surface area contributed by atoms with Crippen molar-refractivity contribution < 1.29 is 4.79 Å². The second kappa shape index (κ2) is 5.81. The number of fused-ring (bicyclic) bond motifs is 1. The van der Waals surface area contributed by atoms with E-state index < -0.39 is 0 Å². The third-order valence-corrected chi connectivity index (χ3v) is 4.36. The Morgan fingerprint density at radius 1 is 1.18 bits per heavy atom. The molecule has 0 atom stereocenters. The van der Waals surface area contributed by atoms with Crippen LogP contribution in [0, 0.1) is 0 Å². The van der Waals surface area contributed by atoms with Crippen molar-refractivity contribution in [3.05, 3.63) is 69.7 Å². The minimum absolute atomic E-state index is 0.117. The molecule has 0 spiro atoms. The van der Waals surface area contributed by atoms with Gasteiger partial charge in [0.2, 0.25) is 0 Å². The van der Waals surface area contributed by atoms with E-state index in [2.05, 4.69) is 41.9 Å². The van der Waals surface area contributed by atoms with Gasteiger partial charge in [-0.1, -0.05) is 52.3 Å². The van der Waals surface area contributed by atoms with Crippen molar-refractivity contribution in [2.45, 2.75) is 32.2 Å². The molecule has 0 aliphatic carbocycles. The van der Waals surface area contributed by atoms with E-state index in [1.807, 2.05) is 36.4 Å². The molecule has 0 amide bonds. The lowest BCUT2D eigenvalue weighted by atomic mass is 9.85. The van der Waals surface area contributed by atoms with Crippen LogP contribution in [0.4, 0.5) is 0 Å². The van der Waals surface area contributed by atoms with Crippen molar-refractivity contribution in [1.29, 1.82) is 0 Å². The number of halogens is 1. The second-order valence-electron chi connectivity index (χ2n) is 6.32. The molecular weight excluding hydrogens is 338 g/mol. The Morgan fingerprint density at radius 2 is 1.91 bits per heavy atom. The summed E-state index contributed by atoms with van der Waals surface area (Å²) >= 11 is 3.53. The Balaban J connectivity index is 1.95. The third-order valence-electron chi connectivity index (χ3n) is 3.86. The number of hydrogen-bond acceptors (Lipinski definition) is 2. The van der Waals surface area contributed by atoms with E-state index in [4.69, 9.17) is 4.99 Å². The van der Waals surface area contributed by atoms with E-state index in [1.165, 1.54) is 5.56 Å². The third kappa shape index (κ3) is 3.20. The topological polar surface area (TPSA) is 29.4 Å². The average molecular weight is 356 g/mol. The number of benzene rings is 2. The van der Waals surface area contributed by atoms with Gasteiger partial charge < -0.3 is 0 Å². The van der Waals surface area contributed by atoms with E-state index in [0.29, 0.717) is 6.42 Å². The number of carbonyl (C=O) groups is 1. The molecule has 1 aliphatic rings. The van der Waals surface area contributed by atoms with Gasteiger partial charge in [0.25, 0.3) is 0 Å². The zero-order valence-electron chi connectivity index (χ0n) is 12.8. The molecule has 0 radical (unpaired) electrons. The Hall–Kier alpha value is -1.74. The number of nitrogens with zero attached hydrogens (tertiary/aromatic N) is 1. The molecule has 0 N–H and O–H groups in total. The van der Waals surface area contributed by atoms with Crippen molar-refractivity contribution in [2.75, 3.05) is 0 Å². The van der Waals surface area contributed by atoms with Gasteiger partial charge in [-0.15, -0.1) is 0 Å². The number of carbonyl (C=O) groups excluding carboxylic acids is 1. The van der Waals surface area contributed by atoms with E-state index in [-0.39, 0.29) is 11.3 Å². The first kappa shape index (κ1) is 15.2. The fraction of sp³-hybridized carbons (Fsp3) is 0.263. The van der Waals surface area contributed by atoms with Gasteiger partial charge in [-0.25, -0.2) is 0 Å². The van der Waals surface area contributed by atoms with Crippen LogP contribution in [0.2, 0.25) is 0 Å². The van der Waals surface area contributed by atoms with Gasteiger partial charge >= 0.3 is 0 Å². The summed E-state index contributed by atoms with van der Waals surface area (Å²) in [6, 6.07) is 15.6. The maximum absolute atomic E-state index is 12.5. The minimum atomic E-state index is -0.167. The smallest absolute Gasteiger partial charge is 0.168 e. The summed E-state index contributed by atoms with van der Waals surface area (Å²) in [7, 11) is 0. The van der Waals surface area contributed by atoms with Crippen molar-refractivity contribution in [2.24, 2.45) is 4.99 Å². The lowest BCUT2D eigenvalue weighted by molar-refractivity contribution is 0.100. The molecule has 112 valence electrons. The van der Waals surface area contributed by atoms with Gasteiger partial charge in [-0.2, -0.15) is 0 Å². The zero-order valence-corrected chi connectivity index (χ0v) is 14.4. The van der Waals surface area contributed by atoms with Gasteiger partial charge in [0, 0.05) is 10.0 Å². The summed E-state index contributed by atoms with van der Waals surface area (Å²) in [5.41, 5.74) is 3.83. The largest absolute Gasteiger partial charge is 0.294 e. The summed E-state index contributed by atoms with van der Waals surface area (Å²) in [5.74, 6) is 0.117. The summed E-state index contributed by atoms with van der Waals surface area (Å²) in [5, 5.41) is 0. The maximum Gasteiger partial charge on any atom is 0.168 e. The maximum atomic E-state index is 12.5. The molecule has 1 aliphatic heterocycles. The van der Waals surface area contributed by atoms with Gasteiger partial charge in [0.15, 0.2) is 5.78 Å². The highest BCUT2D eigenvalue weighted by Gasteiger charge is 2.27. The van der Waals surface area contributed by atoms with Gasteiger partial charge in [0.05, 0.1) is 17.7 Å². The molecule has 0 saturated heterocycles. The minimum Gasteiger partial charge on any atom is -0.294 e. The number of hydrogen-bond donors (Lipinski definition) is 0. The predicted molar refractivity (Wildman–Crippen MR) is 93.9 cm³/mol. The van der Waals surface area contributed by atoms with Gasteiger partial charge in [-0.05, 0) is 43.5 Å². The van der Waals surface area contributed by atoms with Crippen LogP contribution in [-0.4, -0.2) is 17.0 Å². The Kier molecular flexibility index (Phi) is 4.00. The number of aliphatic imine (C=N–C) groups is 1. The molecule has 0 unspecified atom stereocenters. The summed E-state index contributed by atoms with van der Waals surface area (Å²) in [6.45, 7) is 4.23. The SMILES string of the molecule is CC1(C)Cc2cc(Br)ccc2C(CC(=O)c2ccccc2)=N1. The van der Waals surface area contributed by atoms with Crippen molar-refractivity contribution >= 4 is 27.4 Å². The normalized spacial score (nSPS) is 15.9. The first-order chi connectivity index (χ1) is 10.4. The van der Waals surface area contributed by atoms with Crippen LogP contribution in [0.5, 0.6) is 0 Å². The Bertz CT molecular complexity index is 747. The molecule has 0 aromatic heterocycles. The fourth-order valence-corrected chi connectivity index (χ4v) is 3.34. The molecule has 0 saturated carbocycles. The number of Topliss-reactive ketones (excluding diaryl/α,β-unsaturated/α-hetero) is 1. The quantitative estimate of drug-likeness (QED) is 0.723. The van der Waals surface area contributed by atoms with Crippen LogP contribution < -0.4 is 0 Å². The Morgan fingerprint density at radius 3 is 2.64 bits per heavy atom. The van der Waals surface area contributed by atoms with E-state index in [1.54, 1.807) is 0 Å². The number of ketones is 1. The molecule has 2 nitrogen and oxygen atoms in total. The lowest BCUT2D eigenvalue weighted by Crippen LogP contribution is -2.30. The molecule has 2 aromatic carbocycles. The molecular formula is C19H18BrNO. The van der Waals surface area contributed by atoms with Crippen LogP contribution in [0.1, 0.15) is 41.8 Å². The van der Waals surface area contributed by atoms with E-state index >= 15 is 0 Å². The first-order valence-corrected chi connectivity index (χ1v) is 8.20. The summed E-state index contributed by atoms with van der Waals surface area (Å²) in [4.78, 5) is 17.3. The van der Waals surface area contributed by atoms with Crippen LogP contribution >= 0.6 is 15.9 Å². The molecule has 22 heavy (non-hydrogen) atoms. The summed E-state index contributed by atoms with van der Waals surface area (Å²) < 4.78 is 1.07. The molecule has 3 rings (SSSR count). The fourth-order valence-electron chi connectivity index (χ4n) is 2.93. The lowest BCUT2D eigenvalue weighted by Gasteiger charge is -2.29. The highest BCUT2D eigenvalue weighted by molar-refractivity contribution is 9.10. The van der Waals surface area contributed by atoms with Crippen molar-refractivity contribution in [1.82, 2.24) is 0 Å². The predicted octanol–water partition coefficient (Wildman–Crippen LogP) is 4.85. The zero-order chi connectivity index (χ0) is 15.7.